The topological polar surface area (TPSA) is 60.1 Å². The summed E-state index contributed by atoms with van der Waals surface area (Å²) < 4.78 is 0. The number of hydrogen-bond acceptors (Lipinski definition) is 5. The van der Waals surface area contributed by atoms with Crippen LogP contribution in [0.5, 0.6) is 0 Å². The van der Waals surface area contributed by atoms with Crippen molar-refractivity contribution in [2.24, 2.45) is 0 Å². The predicted octanol–water partition coefficient (Wildman–Crippen LogP) is 1.90. The molecular weight excluding hydrogens is 246 g/mol. The molecule has 0 aliphatic carbocycles. The number of rotatable bonds is 3. The number of likely N-dealkylation sites (tertiary alicyclic amines) is 1. The first kappa shape index (κ1) is 13.5. The maximum Gasteiger partial charge on any atom is 0.103 e. The minimum atomic E-state index is -0.785. The molecule has 0 amide bonds. The molecule has 0 spiro atoms. The molecule has 4 nitrogen and oxygen atoms in total. The maximum absolute atomic E-state index is 9.92. The van der Waals surface area contributed by atoms with Gasteiger partial charge in [0.05, 0.1) is 17.5 Å². The predicted molar refractivity (Wildman–Crippen MR) is 71.3 cm³/mol. The average Bonchev–Trinajstić information content (AvgIpc) is 2.63. The van der Waals surface area contributed by atoms with Crippen LogP contribution in [-0.4, -0.2) is 33.7 Å². The number of β-amino-alcohol motifs (C(OH)–C–C–N with tert-alkyl or cyclic N) is 1. The Morgan fingerprint density at radius 3 is 2.72 bits per heavy atom. The Balaban J connectivity index is 1.90. The van der Waals surface area contributed by atoms with Gasteiger partial charge >= 0.3 is 0 Å². The third kappa shape index (κ3) is 2.89. The Morgan fingerprint density at radius 2 is 2.22 bits per heavy atom. The normalized spacial score (nSPS) is 19.3. The van der Waals surface area contributed by atoms with Crippen LogP contribution in [0.3, 0.4) is 0 Å². The van der Waals surface area contributed by atoms with Gasteiger partial charge in [0.25, 0.3) is 0 Å². The molecule has 5 heteroatoms. The van der Waals surface area contributed by atoms with Gasteiger partial charge in [0.2, 0.25) is 0 Å². The molecular formula is C13H19N3OS. The van der Waals surface area contributed by atoms with E-state index in [1.165, 1.54) is 4.88 Å². The highest BCUT2D eigenvalue weighted by molar-refractivity contribution is 7.11. The molecule has 0 unspecified atom stereocenters. The number of nitrogens with zero attached hydrogens (tertiary/aromatic N) is 3. The Kier molecular flexibility index (Phi) is 3.45. The van der Waals surface area contributed by atoms with Crippen LogP contribution in [0.25, 0.3) is 0 Å². The highest BCUT2D eigenvalue weighted by Gasteiger charge is 2.40. The molecule has 1 fully saturated rings. The van der Waals surface area contributed by atoms with Crippen LogP contribution in [0, 0.1) is 11.3 Å². The first-order valence-electron chi connectivity index (χ1n) is 6.09. The van der Waals surface area contributed by atoms with E-state index >= 15 is 0 Å². The molecule has 2 heterocycles. The van der Waals surface area contributed by atoms with E-state index in [4.69, 9.17) is 5.26 Å². The second-order valence-electron chi connectivity index (χ2n) is 6.09. The monoisotopic (exact) mass is 265 g/mol. The van der Waals surface area contributed by atoms with Crippen LogP contribution in [0.15, 0.2) is 6.20 Å². The fourth-order valence-electron chi connectivity index (χ4n) is 2.10. The van der Waals surface area contributed by atoms with Gasteiger partial charge in [0.1, 0.15) is 5.60 Å². The molecule has 98 valence electrons. The second kappa shape index (κ2) is 4.61. The lowest BCUT2D eigenvalue weighted by atomic mass is 9.91. The van der Waals surface area contributed by atoms with Gasteiger partial charge in [-0.05, 0) is 0 Å². The molecule has 18 heavy (non-hydrogen) atoms. The van der Waals surface area contributed by atoms with Crippen molar-refractivity contribution in [1.29, 1.82) is 5.26 Å². The van der Waals surface area contributed by atoms with E-state index in [0.717, 1.165) is 11.6 Å². The minimum absolute atomic E-state index is 0.0966. The Bertz CT molecular complexity index is 463. The first-order chi connectivity index (χ1) is 8.32. The Morgan fingerprint density at radius 1 is 1.56 bits per heavy atom. The van der Waals surface area contributed by atoms with Crippen LogP contribution >= 0.6 is 11.3 Å². The van der Waals surface area contributed by atoms with E-state index in [-0.39, 0.29) is 11.8 Å². The summed E-state index contributed by atoms with van der Waals surface area (Å²) in [6, 6.07) is 2.03. The number of thiazole rings is 1. The van der Waals surface area contributed by atoms with E-state index in [0.29, 0.717) is 13.1 Å². The van der Waals surface area contributed by atoms with Crippen molar-refractivity contribution in [2.75, 3.05) is 13.1 Å². The standard InChI is InChI=1S/C13H19N3OS/c1-12(2,3)11-15-6-10(18-11)7-16-8-13(17,9-16)4-5-14/h6,17H,4,7-9H2,1-3H3. The Labute approximate surface area is 112 Å². The summed E-state index contributed by atoms with van der Waals surface area (Å²) in [5.74, 6) is 0. The number of aromatic nitrogens is 1. The van der Waals surface area contributed by atoms with E-state index in [1.54, 1.807) is 11.3 Å². The summed E-state index contributed by atoms with van der Waals surface area (Å²) in [7, 11) is 0. The van der Waals surface area contributed by atoms with Gasteiger partial charge in [-0.15, -0.1) is 11.3 Å². The molecule has 0 saturated carbocycles. The summed E-state index contributed by atoms with van der Waals surface area (Å²) in [6.07, 6.45) is 2.15. The van der Waals surface area contributed by atoms with Gasteiger partial charge < -0.3 is 5.11 Å². The van der Waals surface area contributed by atoms with E-state index in [9.17, 15) is 5.11 Å². The van der Waals surface area contributed by atoms with Gasteiger partial charge in [-0.1, -0.05) is 20.8 Å². The second-order valence-corrected chi connectivity index (χ2v) is 7.20. The van der Waals surface area contributed by atoms with Crippen molar-refractivity contribution in [1.82, 2.24) is 9.88 Å². The fraction of sp³-hybridized carbons (Fsp3) is 0.692. The zero-order chi connectivity index (χ0) is 13.4. The van der Waals surface area contributed by atoms with Crippen molar-refractivity contribution in [2.45, 2.75) is 44.8 Å². The van der Waals surface area contributed by atoms with Gasteiger partial charge in [-0.25, -0.2) is 4.98 Å². The van der Waals surface area contributed by atoms with Crippen molar-refractivity contribution < 1.29 is 5.11 Å². The molecule has 1 N–H and O–H groups in total. The van der Waals surface area contributed by atoms with Crippen molar-refractivity contribution in [3.8, 4) is 6.07 Å². The number of aliphatic hydroxyl groups is 1. The molecule has 1 aliphatic rings. The lowest BCUT2D eigenvalue weighted by Gasteiger charge is -2.45. The van der Waals surface area contributed by atoms with E-state index in [1.807, 2.05) is 12.3 Å². The zero-order valence-electron chi connectivity index (χ0n) is 11.1. The largest absolute Gasteiger partial charge is 0.386 e. The zero-order valence-corrected chi connectivity index (χ0v) is 11.9. The summed E-state index contributed by atoms with van der Waals surface area (Å²) >= 11 is 1.73. The third-order valence-corrected chi connectivity index (χ3v) is 4.43. The highest BCUT2D eigenvalue weighted by atomic mass is 32.1. The van der Waals surface area contributed by atoms with Crippen molar-refractivity contribution in [3.63, 3.8) is 0 Å². The van der Waals surface area contributed by atoms with Crippen LogP contribution in [0.4, 0.5) is 0 Å². The van der Waals surface area contributed by atoms with E-state index in [2.05, 4.69) is 30.7 Å². The quantitative estimate of drug-likeness (QED) is 0.907. The lowest BCUT2D eigenvalue weighted by molar-refractivity contribution is -0.0971. The van der Waals surface area contributed by atoms with E-state index < -0.39 is 5.60 Å². The van der Waals surface area contributed by atoms with Gasteiger partial charge in [-0.3, -0.25) is 4.90 Å². The van der Waals surface area contributed by atoms with Crippen LogP contribution in [0.1, 0.15) is 37.1 Å². The third-order valence-electron chi connectivity index (χ3n) is 3.02. The summed E-state index contributed by atoms with van der Waals surface area (Å²) in [6.45, 7) is 8.47. The van der Waals surface area contributed by atoms with Crippen LogP contribution in [-0.2, 0) is 12.0 Å². The SMILES string of the molecule is CC(C)(C)c1ncc(CN2CC(O)(CC#N)C2)s1. The first-order valence-corrected chi connectivity index (χ1v) is 6.91. The van der Waals surface area contributed by atoms with Gasteiger partial charge in [0.15, 0.2) is 0 Å². The number of hydrogen-bond donors (Lipinski definition) is 1. The summed E-state index contributed by atoms with van der Waals surface area (Å²) in [5, 5.41) is 19.7. The molecule has 0 aromatic carbocycles. The molecule has 1 aromatic heterocycles. The Hall–Kier alpha value is -0.960. The molecule has 2 rings (SSSR count). The van der Waals surface area contributed by atoms with Gasteiger partial charge in [0, 0.05) is 36.1 Å². The molecule has 1 saturated heterocycles. The average molecular weight is 265 g/mol. The fourth-order valence-corrected chi connectivity index (χ4v) is 3.12. The molecule has 0 atom stereocenters. The van der Waals surface area contributed by atoms with Crippen LogP contribution in [0.2, 0.25) is 0 Å². The lowest BCUT2D eigenvalue weighted by Crippen LogP contribution is -2.60. The number of nitriles is 1. The highest BCUT2D eigenvalue weighted by Crippen LogP contribution is 2.30. The van der Waals surface area contributed by atoms with Gasteiger partial charge in [-0.2, -0.15) is 5.26 Å². The maximum atomic E-state index is 9.92. The molecule has 0 radical (unpaired) electrons. The van der Waals surface area contributed by atoms with Crippen LogP contribution < -0.4 is 0 Å². The molecule has 1 aromatic rings. The summed E-state index contributed by atoms with van der Waals surface area (Å²) in [4.78, 5) is 7.82. The smallest absolute Gasteiger partial charge is 0.103 e. The summed E-state index contributed by atoms with van der Waals surface area (Å²) in [5.41, 5.74) is -0.689. The molecule has 1 aliphatic heterocycles. The molecule has 0 bridgehead atoms. The minimum Gasteiger partial charge on any atom is -0.386 e. The van der Waals surface area contributed by atoms with Crippen molar-refractivity contribution >= 4 is 11.3 Å². The van der Waals surface area contributed by atoms with Crippen molar-refractivity contribution in [3.05, 3.63) is 16.1 Å².